The van der Waals surface area contributed by atoms with Crippen LogP contribution in [0.3, 0.4) is 0 Å². The zero-order valence-corrected chi connectivity index (χ0v) is 15.2. The number of pyridine rings is 1. The number of nitrogens with zero attached hydrogens (tertiary/aromatic N) is 4. The van der Waals surface area contributed by atoms with E-state index in [2.05, 4.69) is 66.3 Å². The molecule has 3 heterocycles. The average molecular weight is 327 g/mol. The summed E-state index contributed by atoms with van der Waals surface area (Å²) in [6.45, 7) is 12.0. The van der Waals surface area contributed by atoms with Crippen LogP contribution in [0.5, 0.6) is 0 Å². The average Bonchev–Trinajstić information content (AvgIpc) is 3.00. The molecule has 0 unspecified atom stereocenters. The van der Waals surface area contributed by atoms with Crippen LogP contribution in [-0.2, 0) is 12.1 Å². The predicted octanol–water partition coefficient (Wildman–Crippen LogP) is 3.36. The SMILES string of the molecule is C[C@H]1CN(Cc2ccccn2)CC[C@@H]1Nc1cnn(C(C)(C)C)c1. The fraction of sp³-hybridized carbons (Fsp3) is 0.579. The standard InChI is InChI=1S/C19H29N5/c1-15-12-23(13-16-7-5-6-9-20-16)10-8-18(15)22-17-11-21-24(14-17)19(2,3)4/h5-7,9,11,14-15,18,22H,8,10,12-13H2,1-4H3/t15-,18-/m0/s1. The Morgan fingerprint density at radius 3 is 2.75 bits per heavy atom. The monoisotopic (exact) mass is 327 g/mol. The first-order valence-electron chi connectivity index (χ1n) is 8.86. The molecule has 5 heteroatoms. The lowest BCUT2D eigenvalue weighted by Gasteiger charge is -2.37. The lowest BCUT2D eigenvalue weighted by atomic mass is 9.93. The minimum Gasteiger partial charge on any atom is -0.379 e. The number of aromatic nitrogens is 3. The molecule has 130 valence electrons. The molecule has 0 bridgehead atoms. The fourth-order valence-corrected chi connectivity index (χ4v) is 3.29. The zero-order valence-electron chi connectivity index (χ0n) is 15.2. The Labute approximate surface area is 145 Å². The first-order valence-corrected chi connectivity index (χ1v) is 8.86. The predicted molar refractivity (Wildman–Crippen MR) is 97.9 cm³/mol. The van der Waals surface area contributed by atoms with E-state index in [0.29, 0.717) is 12.0 Å². The molecule has 1 aliphatic rings. The minimum absolute atomic E-state index is 0.0254. The molecular weight excluding hydrogens is 298 g/mol. The van der Waals surface area contributed by atoms with Crippen LogP contribution in [0.25, 0.3) is 0 Å². The quantitative estimate of drug-likeness (QED) is 0.935. The highest BCUT2D eigenvalue weighted by molar-refractivity contribution is 5.40. The van der Waals surface area contributed by atoms with Crippen molar-refractivity contribution in [2.45, 2.75) is 52.2 Å². The van der Waals surface area contributed by atoms with Gasteiger partial charge in [0.05, 0.1) is 23.1 Å². The van der Waals surface area contributed by atoms with Crippen molar-refractivity contribution in [3.63, 3.8) is 0 Å². The Morgan fingerprint density at radius 1 is 1.29 bits per heavy atom. The summed E-state index contributed by atoms with van der Waals surface area (Å²) in [4.78, 5) is 6.95. The minimum atomic E-state index is 0.0254. The summed E-state index contributed by atoms with van der Waals surface area (Å²) in [5.74, 6) is 0.598. The molecule has 2 atom stereocenters. The van der Waals surface area contributed by atoms with Gasteiger partial charge in [-0.1, -0.05) is 13.0 Å². The van der Waals surface area contributed by atoms with E-state index in [-0.39, 0.29) is 5.54 Å². The molecule has 1 aliphatic heterocycles. The molecule has 2 aromatic rings. The number of anilines is 1. The van der Waals surface area contributed by atoms with Gasteiger partial charge < -0.3 is 5.32 Å². The van der Waals surface area contributed by atoms with Crippen molar-refractivity contribution in [3.05, 3.63) is 42.5 Å². The van der Waals surface area contributed by atoms with Gasteiger partial charge in [0.25, 0.3) is 0 Å². The molecule has 2 aromatic heterocycles. The highest BCUT2D eigenvalue weighted by atomic mass is 15.3. The summed E-state index contributed by atoms with van der Waals surface area (Å²) in [6.07, 6.45) is 7.08. The Hall–Kier alpha value is -1.88. The van der Waals surface area contributed by atoms with Crippen molar-refractivity contribution in [1.29, 1.82) is 0 Å². The summed E-state index contributed by atoms with van der Waals surface area (Å²) in [7, 11) is 0. The topological polar surface area (TPSA) is 46.0 Å². The van der Waals surface area contributed by atoms with Crippen molar-refractivity contribution in [2.24, 2.45) is 5.92 Å². The summed E-state index contributed by atoms with van der Waals surface area (Å²) >= 11 is 0. The van der Waals surface area contributed by atoms with E-state index in [1.54, 1.807) is 0 Å². The van der Waals surface area contributed by atoms with Crippen LogP contribution in [0, 0.1) is 5.92 Å². The lowest BCUT2D eigenvalue weighted by molar-refractivity contribution is 0.163. The maximum absolute atomic E-state index is 4.48. The van der Waals surface area contributed by atoms with Crippen molar-refractivity contribution >= 4 is 5.69 Å². The van der Waals surface area contributed by atoms with Crippen LogP contribution in [0.4, 0.5) is 5.69 Å². The molecule has 0 amide bonds. The third kappa shape index (κ3) is 4.15. The second-order valence-corrected chi connectivity index (χ2v) is 7.92. The summed E-state index contributed by atoms with van der Waals surface area (Å²) in [6, 6.07) is 6.64. The molecule has 3 rings (SSSR count). The second-order valence-electron chi connectivity index (χ2n) is 7.92. The van der Waals surface area contributed by atoms with Crippen LogP contribution >= 0.6 is 0 Å². The van der Waals surface area contributed by atoms with Gasteiger partial charge in [0.1, 0.15) is 0 Å². The number of likely N-dealkylation sites (tertiary alicyclic amines) is 1. The van der Waals surface area contributed by atoms with Crippen LogP contribution in [0.2, 0.25) is 0 Å². The second kappa shape index (κ2) is 6.93. The number of nitrogens with one attached hydrogen (secondary N) is 1. The molecule has 0 aliphatic carbocycles. The number of piperidine rings is 1. The maximum atomic E-state index is 4.48. The van der Waals surface area contributed by atoms with E-state index in [1.165, 1.54) is 0 Å². The molecule has 0 spiro atoms. The zero-order chi connectivity index (χ0) is 17.2. The van der Waals surface area contributed by atoms with Crippen LogP contribution < -0.4 is 5.32 Å². The van der Waals surface area contributed by atoms with Gasteiger partial charge in [-0.3, -0.25) is 14.6 Å². The molecule has 0 saturated carbocycles. The van der Waals surface area contributed by atoms with Gasteiger partial charge in [-0.15, -0.1) is 0 Å². The molecule has 24 heavy (non-hydrogen) atoms. The normalized spacial score (nSPS) is 22.5. The van der Waals surface area contributed by atoms with E-state index >= 15 is 0 Å². The van der Waals surface area contributed by atoms with Gasteiger partial charge in [-0.2, -0.15) is 5.10 Å². The van der Waals surface area contributed by atoms with Crippen LogP contribution in [0.1, 0.15) is 39.8 Å². The van der Waals surface area contributed by atoms with Gasteiger partial charge in [-0.05, 0) is 45.2 Å². The van der Waals surface area contributed by atoms with E-state index in [9.17, 15) is 0 Å². The smallest absolute Gasteiger partial charge is 0.0729 e. The molecule has 0 aromatic carbocycles. The third-order valence-corrected chi connectivity index (χ3v) is 4.72. The Balaban J connectivity index is 1.55. The number of hydrogen-bond donors (Lipinski definition) is 1. The highest BCUT2D eigenvalue weighted by Gasteiger charge is 2.26. The van der Waals surface area contributed by atoms with Crippen molar-refractivity contribution in [3.8, 4) is 0 Å². The largest absolute Gasteiger partial charge is 0.379 e. The molecule has 1 N–H and O–H groups in total. The summed E-state index contributed by atoms with van der Waals surface area (Å²) in [5, 5.41) is 8.17. The van der Waals surface area contributed by atoms with Gasteiger partial charge in [0, 0.05) is 38.1 Å². The van der Waals surface area contributed by atoms with E-state index in [0.717, 1.165) is 37.4 Å². The first-order chi connectivity index (χ1) is 11.4. The van der Waals surface area contributed by atoms with Gasteiger partial charge in [0.2, 0.25) is 0 Å². The van der Waals surface area contributed by atoms with E-state index < -0.39 is 0 Å². The molecule has 1 fully saturated rings. The Morgan fingerprint density at radius 2 is 2.12 bits per heavy atom. The Kier molecular flexibility index (Phi) is 4.90. The van der Waals surface area contributed by atoms with Crippen molar-refractivity contribution in [2.75, 3.05) is 18.4 Å². The lowest BCUT2D eigenvalue weighted by Crippen LogP contribution is -2.44. The van der Waals surface area contributed by atoms with Crippen molar-refractivity contribution in [1.82, 2.24) is 19.7 Å². The van der Waals surface area contributed by atoms with Gasteiger partial charge >= 0.3 is 0 Å². The molecular formula is C19H29N5. The molecule has 0 radical (unpaired) electrons. The van der Waals surface area contributed by atoms with Gasteiger partial charge in [0.15, 0.2) is 0 Å². The van der Waals surface area contributed by atoms with E-state index in [4.69, 9.17) is 0 Å². The number of rotatable bonds is 4. The Bertz CT molecular complexity index is 643. The van der Waals surface area contributed by atoms with Crippen molar-refractivity contribution < 1.29 is 0 Å². The molecule has 5 nitrogen and oxygen atoms in total. The van der Waals surface area contributed by atoms with E-state index in [1.807, 2.05) is 23.1 Å². The summed E-state index contributed by atoms with van der Waals surface area (Å²) in [5.41, 5.74) is 2.31. The van der Waals surface area contributed by atoms with Crippen LogP contribution in [-0.4, -0.2) is 38.8 Å². The highest BCUT2D eigenvalue weighted by Crippen LogP contribution is 2.23. The number of hydrogen-bond acceptors (Lipinski definition) is 4. The van der Waals surface area contributed by atoms with Gasteiger partial charge in [-0.25, -0.2) is 0 Å². The maximum Gasteiger partial charge on any atom is 0.0729 e. The summed E-state index contributed by atoms with van der Waals surface area (Å²) < 4.78 is 2.02. The molecule has 1 saturated heterocycles. The fourth-order valence-electron chi connectivity index (χ4n) is 3.29. The first kappa shape index (κ1) is 17.0. The van der Waals surface area contributed by atoms with Crippen LogP contribution in [0.15, 0.2) is 36.8 Å². The third-order valence-electron chi connectivity index (χ3n) is 4.72.